The molecule has 20 heavy (non-hydrogen) atoms. The van der Waals surface area contributed by atoms with Crippen molar-refractivity contribution in [1.82, 2.24) is 5.32 Å². The van der Waals surface area contributed by atoms with Gasteiger partial charge < -0.3 is 15.8 Å². The van der Waals surface area contributed by atoms with Gasteiger partial charge in [0.15, 0.2) is 6.61 Å². The maximum absolute atomic E-state index is 11.7. The third-order valence-electron chi connectivity index (χ3n) is 2.63. The molecule has 1 aromatic carbocycles. The summed E-state index contributed by atoms with van der Waals surface area (Å²) in [6, 6.07) is 5.77. The summed E-state index contributed by atoms with van der Waals surface area (Å²) < 4.78 is 6.58. The second-order valence-electron chi connectivity index (χ2n) is 5.42. The molecule has 1 amide bonds. The van der Waals surface area contributed by atoms with Gasteiger partial charge in [-0.3, -0.25) is 4.79 Å². The average molecular weight is 343 g/mol. The lowest BCUT2D eigenvalue weighted by atomic mass is 10.1. The van der Waals surface area contributed by atoms with Crippen molar-refractivity contribution in [3.05, 3.63) is 28.2 Å². The predicted octanol–water partition coefficient (Wildman–Crippen LogP) is 2.49. The first-order chi connectivity index (χ1) is 9.38. The first kappa shape index (κ1) is 17.0. The molecular formula is C15H23BrN2O2. The molecule has 0 saturated heterocycles. The monoisotopic (exact) mass is 342 g/mol. The van der Waals surface area contributed by atoms with Gasteiger partial charge in [0.05, 0.1) is 0 Å². The van der Waals surface area contributed by atoms with Gasteiger partial charge >= 0.3 is 0 Å². The molecular weight excluding hydrogens is 320 g/mol. The predicted molar refractivity (Wildman–Crippen MR) is 84.8 cm³/mol. The van der Waals surface area contributed by atoms with Crippen LogP contribution in [0, 0.1) is 5.92 Å². The van der Waals surface area contributed by atoms with Gasteiger partial charge in [0.25, 0.3) is 5.91 Å². The van der Waals surface area contributed by atoms with Gasteiger partial charge in [-0.15, -0.1) is 0 Å². The van der Waals surface area contributed by atoms with Gasteiger partial charge in [-0.05, 0) is 43.0 Å². The number of nitrogens with one attached hydrogen (secondary N) is 1. The molecule has 0 aliphatic carbocycles. The lowest BCUT2D eigenvalue weighted by molar-refractivity contribution is -0.123. The summed E-state index contributed by atoms with van der Waals surface area (Å²) in [6.45, 7) is 6.74. The van der Waals surface area contributed by atoms with Gasteiger partial charge in [-0.1, -0.05) is 29.8 Å². The number of nitrogens with two attached hydrogens (primary N) is 1. The molecule has 112 valence electrons. The van der Waals surface area contributed by atoms with Crippen molar-refractivity contribution < 1.29 is 9.53 Å². The molecule has 0 aliphatic rings. The fourth-order valence-electron chi connectivity index (χ4n) is 1.71. The smallest absolute Gasteiger partial charge is 0.257 e. The van der Waals surface area contributed by atoms with Crippen molar-refractivity contribution in [2.45, 2.75) is 33.2 Å². The first-order valence-corrected chi connectivity index (χ1v) is 7.61. The number of benzene rings is 1. The van der Waals surface area contributed by atoms with Crippen LogP contribution in [0.25, 0.3) is 0 Å². The summed E-state index contributed by atoms with van der Waals surface area (Å²) in [7, 11) is 0. The first-order valence-electron chi connectivity index (χ1n) is 6.82. The maximum atomic E-state index is 11.7. The van der Waals surface area contributed by atoms with E-state index < -0.39 is 0 Å². The Bertz CT molecular complexity index is 447. The highest BCUT2D eigenvalue weighted by atomic mass is 79.9. The normalized spacial score (nSPS) is 12.3. The van der Waals surface area contributed by atoms with Crippen LogP contribution in [0.15, 0.2) is 22.7 Å². The Hall–Kier alpha value is -1.07. The second kappa shape index (κ2) is 8.27. The van der Waals surface area contributed by atoms with Gasteiger partial charge in [0, 0.05) is 17.1 Å². The lowest BCUT2D eigenvalue weighted by Gasteiger charge is -2.14. The van der Waals surface area contributed by atoms with E-state index in [1.165, 1.54) is 0 Å². The largest absolute Gasteiger partial charge is 0.483 e. The number of halogens is 1. The second-order valence-corrected chi connectivity index (χ2v) is 6.34. The van der Waals surface area contributed by atoms with Crippen LogP contribution in [0.4, 0.5) is 0 Å². The molecule has 1 rings (SSSR count). The quantitative estimate of drug-likeness (QED) is 0.800. The minimum absolute atomic E-state index is 0.0281. The molecule has 0 radical (unpaired) electrons. The van der Waals surface area contributed by atoms with Crippen molar-refractivity contribution in [2.75, 3.05) is 13.2 Å². The van der Waals surface area contributed by atoms with E-state index >= 15 is 0 Å². The Morgan fingerprint density at radius 2 is 2.10 bits per heavy atom. The van der Waals surface area contributed by atoms with Crippen molar-refractivity contribution in [1.29, 1.82) is 0 Å². The molecule has 1 aromatic rings. The summed E-state index contributed by atoms with van der Waals surface area (Å²) in [6.07, 6.45) is 0.711. The zero-order chi connectivity index (χ0) is 15.1. The zero-order valence-electron chi connectivity index (χ0n) is 12.3. The van der Waals surface area contributed by atoms with Crippen LogP contribution in [-0.2, 0) is 11.2 Å². The van der Waals surface area contributed by atoms with E-state index in [2.05, 4.69) is 35.1 Å². The Morgan fingerprint density at radius 3 is 2.70 bits per heavy atom. The summed E-state index contributed by atoms with van der Waals surface area (Å²) in [5, 5.41) is 2.83. The Morgan fingerprint density at radius 1 is 1.40 bits per heavy atom. The van der Waals surface area contributed by atoms with Crippen LogP contribution in [0.1, 0.15) is 26.3 Å². The fourth-order valence-corrected chi connectivity index (χ4v) is 2.12. The van der Waals surface area contributed by atoms with E-state index in [0.717, 1.165) is 10.0 Å². The number of carbonyl (C=O) groups is 1. The van der Waals surface area contributed by atoms with Crippen LogP contribution >= 0.6 is 15.9 Å². The fraction of sp³-hybridized carbons (Fsp3) is 0.533. The SMILES string of the molecule is CC(C)CNC(=O)COc1ccc(Br)cc1CC(C)N. The summed E-state index contributed by atoms with van der Waals surface area (Å²) in [5.41, 5.74) is 6.84. The van der Waals surface area contributed by atoms with Crippen LogP contribution in [0.2, 0.25) is 0 Å². The number of amides is 1. The van der Waals surface area contributed by atoms with Gasteiger partial charge in [-0.2, -0.15) is 0 Å². The van der Waals surface area contributed by atoms with Crippen molar-refractivity contribution in [2.24, 2.45) is 11.7 Å². The van der Waals surface area contributed by atoms with E-state index in [-0.39, 0.29) is 18.6 Å². The number of hydrogen-bond acceptors (Lipinski definition) is 3. The number of hydrogen-bond donors (Lipinski definition) is 2. The van der Waals surface area contributed by atoms with Gasteiger partial charge in [0.1, 0.15) is 5.75 Å². The molecule has 0 bridgehead atoms. The Balaban J connectivity index is 2.60. The van der Waals surface area contributed by atoms with Crippen LogP contribution in [-0.4, -0.2) is 25.1 Å². The number of ether oxygens (including phenoxy) is 1. The number of carbonyl (C=O) groups excluding carboxylic acids is 1. The van der Waals surface area contributed by atoms with Crippen molar-refractivity contribution in [3.63, 3.8) is 0 Å². The standard InChI is InChI=1S/C15H23BrN2O2/c1-10(2)8-18-15(19)9-20-14-5-4-13(16)7-12(14)6-11(3)17/h4-5,7,10-11H,6,8-9,17H2,1-3H3,(H,18,19). The van der Waals surface area contributed by atoms with Gasteiger partial charge in [0.2, 0.25) is 0 Å². The Kier molecular flexibility index (Phi) is 7.02. The van der Waals surface area contributed by atoms with E-state index in [1.807, 2.05) is 25.1 Å². The maximum Gasteiger partial charge on any atom is 0.257 e. The molecule has 1 atom stereocenters. The Labute approximate surface area is 129 Å². The zero-order valence-corrected chi connectivity index (χ0v) is 13.9. The minimum atomic E-state index is -0.103. The molecule has 1 unspecified atom stereocenters. The molecule has 3 N–H and O–H groups in total. The molecule has 0 fully saturated rings. The summed E-state index contributed by atoms with van der Waals surface area (Å²) >= 11 is 3.43. The third kappa shape index (κ3) is 6.39. The molecule has 0 aliphatic heterocycles. The van der Waals surface area contributed by atoms with Gasteiger partial charge in [-0.25, -0.2) is 0 Å². The number of rotatable bonds is 7. The molecule has 4 nitrogen and oxygen atoms in total. The van der Waals surface area contributed by atoms with E-state index in [1.54, 1.807) is 0 Å². The molecule has 0 spiro atoms. The lowest BCUT2D eigenvalue weighted by Crippen LogP contribution is -2.32. The van der Waals surface area contributed by atoms with Crippen molar-refractivity contribution >= 4 is 21.8 Å². The highest BCUT2D eigenvalue weighted by Crippen LogP contribution is 2.24. The molecule has 0 aromatic heterocycles. The summed E-state index contributed by atoms with van der Waals surface area (Å²) in [4.78, 5) is 11.7. The van der Waals surface area contributed by atoms with Crippen LogP contribution in [0.3, 0.4) is 0 Å². The van der Waals surface area contributed by atoms with E-state index in [9.17, 15) is 4.79 Å². The van der Waals surface area contributed by atoms with Crippen LogP contribution in [0.5, 0.6) is 5.75 Å². The van der Waals surface area contributed by atoms with Crippen LogP contribution < -0.4 is 15.8 Å². The molecule has 0 heterocycles. The highest BCUT2D eigenvalue weighted by Gasteiger charge is 2.09. The topological polar surface area (TPSA) is 64.3 Å². The summed E-state index contributed by atoms with van der Waals surface area (Å²) in [5.74, 6) is 1.04. The molecule has 5 heteroatoms. The third-order valence-corrected chi connectivity index (χ3v) is 3.12. The highest BCUT2D eigenvalue weighted by molar-refractivity contribution is 9.10. The van der Waals surface area contributed by atoms with Crippen molar-refractivity contribution in [3.8, 4) is 5.75 Å². The van der Waals surface area contributed by atoms with E-state index in [4.69, 9.17) is 10.5 Å². The minimum Gasteiger partial charge on any atom is -0.483 e. The average Bonchev–Trinajstić information content (AvgIpc) is 2.34. The molecule has 0 saturated carbocycles. The van der Waals surface area contributed by atoms with E-state index in [0.29, 0.717) is 24.6 Å².